The number of hydrogen-bond donors (Lipinski definition) is 4. The van der Waals surface area contributed by atoms with Gasteiger partial charge >= 0.3 is 0 Å². The van der Waals surface area contributed by atoms with E-state index in [-0.39, 0.29) is 24.9 Å². The first kappa shape index (κ1) is 23.7. The van der Waals surface area contributed by atoms with Gasteiger partial charge in [0.15, 0.2) is 12.2 Å². The first-order valence-corrected chi connectivity index (χ1v) is 10.6. The molecule has 0 bridgehead atoms. The minimum Gasteiger partial charge on any atom is -0.383 e. The largest absolute Gasteiger partial charge is 0.383 e. The van der Waals surface area contributed by atoms with E-state index in [1.165, 1.54) is 4.90 Å². The summed E-state index contributed by atoms with van der Waals surface area (Å²) in [5.41, 5.74) is 10.5. The number of fused-ring (bicyclic) bond motifs is 2. The van der Waals surface area contributed by atoms with Gasteiger partial charge in [-0.15, -0.1) is 12.4 Å². The molecule has 3 aliphatic rings. The maximum absolute atomic E-state index is 13.1. The van der Waals surface area contributed by atoms with E-state index < -0.39 is 24.0 Å². The molecule has 5 N–H and O–H groups in total. The standard InChI is InChI=1S/C23H23N5O5.ClH/c24-21-17-4-2-15(7-14(17)11-26-21)27-22(31)19(30)20-23(32)28(5-6-33-20)16-3-1-12-9-18(29)25-10-13(12)8-16;/h1-4,7-8,19-20,30H,5-6,9-11H2,(H2,24,26)(H,25,29)(H,27,31);1H/t19-,20-;/m1./s1. The molecule has 3 aliphatic heterocycles. The van der Waals surface area contributed by atoms with Gasteiger partial charge in [0.05, 0.1) is 19.6 Å². The minimum atomic E-state index is -1.69. The Hall–Kier alpha value is -3.47. The van der Waals surface area contributed by atoms with Crippen LogP contribution in [0.5, 0.6) is 0 Å². The van der Waals surface area contributed by atoms with E-state index >= 15 is 0 Å². The quantitative estimate of drug-likeness (QED) is 0.487. The van der Waals surface area contributed by atoms with Gasteiger partial charge in [-0.05, 0) is 47.0 Å². The number of amides is 3. The molecule has 0 radical (unpaired) electrons. The number of nitrogens with one attached hydrogen (secondary N) is 2. The summed E-state index contributed by atoms with van der Waals surface area (Å²) >= 11 is 0. The number of halogens is 1. The molecule has 0 aliphatic carbocycles. The van der Waals surface area contributed by atoms with Gasteiger partial charge in [0.2, 0.25) is 5.91 Å². The number of carbonyl (C=O) groups is 3. The number of aliphatic hydroxyl groups is 1. The van der Waals surface area contributed by atoms with Crippen molar-refractivity contribution in [3.05, 3.63) is 58.7 Å². The van der Waals surface area contributed by atoms with Crippen LogP contribution in [0.1, 0.15) is 22.3 Å². The molecule has 2 aromatic carbocycles. The van der Waals surface area contributed by atoms with E-state index in [0.29, 0.717) is 43.3 Å². The fraction of sp³-hybridized carbons (Fsp3) is 0.304. The maximum atomic E-state index is 13.1. The Labute approximate surface area is 201 Å². The van der Waals surface area contributed by atoms with Gasteiger partial charge in [0, 0.05) is 30.0 Å². The zero-order valence-corrected chi connectivity index (χ0v) is 18.9. The first-order chi connectivity index (χ1) is 15.9. The van der Waals surface area contributed by atoms with Crippen LogP contribution in [0, 0.1) is 0 Å². The topological polar surface area (TPSA) is 146 Å². The summed E-state index contributed by atoms with van der Waals surface area (Å²) in [7, 11) is 0. The molecular formula is C23H24ClN5O5. The molecule has 1 fully saturated rings. The minimum absolute atomic E-state index is 0. The summed E-state index contributed by atoms with van der Waals surface area (Å²) < 4.78 is 5.48. The molecule has 34 heavy (non-hydrogen) atoms. The molecule has 2 aromatic rings. The highest BCUT2D eigenvalue weighted by Crippen LogP contribution is 2.26. The third kappa shape index (κ3) is 4.35. The molecule has 3 heterocycles. The second kappa shape index (κ2) is 9.41. The van der Waals surface area contributed by atoms with Crippen LogP contribution in [0.2, 0.25) is 0 Å². The number of morpholine rings is 1. The molecule has 0 unspecified atom stereocenters. The van der Waals surface area contributed by atoms with E-state index in [1.54, 1.807) is 24.3 Å². The average molecular weight is 486 g/mol. The molecule has 178 valence electrons. The van der Waals surface area contributed by atoms with Crippen molar-refractivity contribution in [1.82, 2.24) is 5.32 Å². The number of amidine groups is 1. The van der Waals surface area contributed by atoms with Crippen molar-refractivity contribution in [2.24, 2.45) is 10.7 Å². The SMILES string of the molecule is Cl.NC1=NCc2cc(NC(=O)[C@H](O)[C@H]3OCCN(c4ccc5c(c4)CNC(=O)C5)C3=O)ccc21. The second-order valence-corrected chi connectivity index (χ2v) is 8.20. The van der Waals surface area contributed by atoms with Crippen molar-refractivity contribution in [3.63, 3.8) is 0 Å². The number of aliphatic hydroxyl groups excluding tert-OH is 1. The zero-order chi connectivity index (χ0) is 23.1. The van der Waals surface area contributed by atoms with Gasteiger partial charge in [0.1, 0.15) is 5.84 Å². The van der Waals surface area contributed by atoms with Gasteiger partial charge in [-0.2, -0.15) is 0 Å². The Morgan fingerprint density at radius 2 is 2.03 bits per heavy atom. The molecule has 3 amide bonds. The van der Waals surface area contributed by atoms with Crippen LogP contribution in [-0.4, -0.2) is 54.0 Å². The lowest BCUT2D eigenvalue weighted by Gasteiger charge is -2.34. The lowest BCUT2D eigenvalue weighted by molar-refractivity contribution is -0.150. The summed E-state index contributed by atoms with van der Waals surface area (Å²) in [6.45, 7) is 1.29. The second-order valence-electron chi connectivity index (χ2n) is 8.20. The maximum Gasteiger partial charge on any atom is 0.259 e. The summed E-state index contributed by atoms with van der Waals surface area (Å²) in [4.78, 5) is 43.0. The molecule has 11 heteroatoms. The van der Waals surface area contributed by atoms with E-state index in [4.69, 9.17) is 10.5 Å². The number of anilines is 2. The third-order valence-corrected chi connectivity index (χ3v) is 6.07. The van der Waals surface area contributed by atoms with Crippen molar-refractivity contribution >= 4 is 47.3 Å². The summed E-state index contributed by atoms with van der Waals surface area (Å²) in [6, 6.07) is 10.6. The predicted octanol–water partition coefficient (Wildman–Crippen LogP) is 0.231. The molecule has 0 saturated carbocycles. The van der Waals surface area contributed by atoms with Crippen LogP contribution in [0.25, 0.3) is 0 Å². The monoisotopic (exact) mass is 485 g/mol. The van der Waals surface area contributed by atoms with Crippen LogP contribution in [0.15, 0.2) is 41.4 Å². The smallest absolute Gasteiger partial charge is 0.259 e. The van der Waals surface area contributed by atoms with Gasteiger partial charge in [-0.1, -0.05) is 6.07 Å². The average Bonchev–Trinajstić information content (AvgIpc) is 3.18. The van der Waals surface area contributed by atoms with Gasteiger partial charge in [0.25, 0.3) is 11.8 Å². The van der Waals surface area contributed by atoms with E-state index in [9.17, 15) is 19.5 Å². The van der Waals surface area contributed by atoms with Crippen molar-refractivity contribution in [3.8, 4) is 0 Å². The van der Waals surface area contributed by atoms with Crippen molar-refractivity contribution in [1.29, 1.82) is 0 Å². The molecule has 5 rings (SSSR count). The molecule has 1 saturated heterocycles. The Balaban J connectivity index is 0.00000274. The highest BCUT2D eigenvalue weighted by atomic mass is 35.5. The number of carbonyl (C=O) groups excluding carboxylic acids is 3. The molecule has 0 aromatic heterocycles. The van der Waals surface area contributed by atoms with E-state index in [2.05, 4.69) is 15.6 Å². The molecular weight excluding hydrogens is 462 g/mol. The number of ether oxygens (including phenoxy) is 1. The first-order valence-electron chi connectivity index (χ1n) is 10.6. The van der Waals surface area contributed by atoms with Crippen molar-refractivity contribution < 1.29 is 24.2 Å². The van der Waals surface area contributed by atoms with E-state index in [0.717, 1.165) is 22.3 Å². The van der Waals surface area contributed by atoms with Crippen LogP contribution in [0.3, 0.4) is 0 Å². The molecule has 0 spiro atoms. The number of nitrogens with zero attached hydrogens (tertiary/aromatic N) is 2. The highest BCUT2D eigenvalue weighted by Gasteiger charge is 2.39. The third-order valence-electron chi connectivity index (χ3n) is 6.07. The number of nitrogens with two attached hydrogens (primary N) is 1. The normalized spacial score (nSPS) is 19.9. The Morgan fingerprint density at radius 3 is 2.85 bits per heavy atom. The number of benzene rings is 2. The lowest BCUT2D eigenvalue weighted by atomic mass is 9.99. The zero-order valence-electron chi connectivity index (χ0n) is 18.1. The Kier molecular flexibility index (Phi) is 6.56. The van der Waals surface area contributed by atoms with Crippen molar-refractivity contribution in [2.75, 3.05) is 23.4 Å². The summed E-state index contributed by atoms with van der Waals surface area (Å²) in [5.74, 6) is -0.825. The fourth-order valence-corrected chi connectivity index (χ4v) is 4.30. The van der Waals surface area contributed by atoms with Gasteiger partial charge in [-0.3, -0.25) is 19.4 Å². The van der Waals surface area contributed by atoms with Crippen molar-refractivity contribution in [2.45, 2.75) is 31.7 Å². The Bertz CT molecular complexity index is 1200. The fourth-order valence-electron chi connectivity index (χ4n) is 4.30. The van der Waals surface area contributed by atoms with Crippen LogP contribution < -0.4 is 21.3 Å². The van der Waals surface area contributed by atoms with Crippen LogP contribution in [-0.2, 0) is 38.6 Å². The van der Waals surface area contributed by atoms with Crippen LogP contribution >= 0.6 is 12.4 Å². The number of aliphatic imine (C=N–C) groups is 1. The molecule has 2 atom stereocenters. The molecule has 10 nitrogen and oxygen atoms in total. The summed E-state index contributed by atoms with van der Waals surface area (Å²) in [5, 5.41) is 16.0. The Morgan fingerprint density at radius 1 is 1.21 bits per heavy atom. The number of rotatable bonds is 4. The summed E-state index contributed by atoms with van der Waals surface area (Å²) in [6.07, 6.45) is -2.72. The van der Waals surface area contributed by atoms with Gasteiger partial charge < -0.3 is 31.1 Å². The lowest BCUT2D eigenvalue weighted by Crippen LogP contribution is -2.55. The predicted molar refractivity (Wildman–Crippen MR) is 127 cm³/mol. The van der Waals surface area contributed by atoms with E-state index in [1.807, 2.05) is 12.1 Å². The highest BCUT2D eigenvalue weighted by molar-refractivity contribution is 6.05. The number of hydrogen-bond acceptors (Lipinski definition) is 7. The van der Waals surface area contributed by atoms with Gasteiger partial charge in [-0.25, -0.2) is 0 Å². The van der Waals surface area contributed by atoms with Crippen LogP contribution in [0.4, 0.5) is 11.4 Å².